The Kier molecular flexibility index (Phi) is 5.88. The molecule has 21 heavy (non-hydrogen) atoms. The first kappa shape index (κ1) is 17.6. The number of carbonyl (C=O) groups excluding carboxylic acids is 1. The Hall–Kier alpha value is -1.44. The fourth-order valence-corrected chi connectivity index (χ4v) is 2.78. The van der Waals surface area contributed by atoms with Gasteiger partial charge in [0, 0.05) is 6.54 Å². The summed E-state index contributed by atoms with van der Waals surface area (Å²) in [6.07, 6.45) is 0.448. The predicted octanol–water partition coefficient (Wildman–Crippen LogP) is 1.05. The average molecular weight is 315 g/mol. The summed E-state index contributed by atoms with van der Waals surface area (Å²) in [4.78, 5) is 11.3. The lowest BCUT2D eigenvalue weighted by Gasteiger charge is -2.21. The minimum absolute atomic E-state index is 0.0356. The van der Waals surface area contributed by atoms with E-state index in [-0.39, 0.29) is 12.3 Å². The molecule has 0 spiro atoms. The highest BCUT2D eigenvalue weighted by Gasteiger charge is 2.21. The van der Waals surface area contributed by atoms with E-state index in [4.69, 9.17) is 0 Å². The van der Waals surface area contributed by atoms with Crippen LogP contribution in [0.5, 0.6) is 0 Å². The topological polar surface area (TPSA) is 92.7 Å². The molecule has 1 atom stereocenters. The molecule has 0 saturated heterocycles. The van der Waals surface area contributed by atoms with Crippen molar-refractivity contribution in [3.8, 4) is 0 Å². The second kappa shape index (κ2) is 7.02. The molecule has 0 heterocycles. The number of benzene rings is 1. The third-order valence-corrected chi connectivity index (χ3v) is 4.46. The summed E-state index contributed by atoms with van der Waals surface area (Å²) in [5.74, 6) is -0.685. The fraction of sp³-hybridized carbons (Fsp3) is 0.500. The van der Waals surface area contributed by atoms with Crippen molar-refractivity contribution in [2.45, 2.75) is 31.6 Å². The minimum atomic E-state index is -3.54. The van der Waals surface area contributed by atoms with E-state index in [1.807, 2.05) is 0 Å². The summed E-state index contributed by atoms with van der Waals surface area (Å²) < 4.78 is 30.8. The van der Waals surface area contributed by atoms with Crippen LogP contribution in [-0.2, 0) is 20.5 Å². The van der Waals surface area contributed by atoms with E-state index in [0.717, 1.165) is 0 Å². The van der Waals surface area contributed by atoms with Crippen LogP contribution in [0.15, 0.2) is 24.3 Å². The van der Waals surface area contributed by atoms with Crippen LogP contribution in [0, 0.1) is 0 Å². The van der Waals surface area contributed by atoms with Crippen molar-refractivity contribution in [1.82, 2.24) is 4.72 Å². The van der Waals surface area contributed by atoms with E-state index in [1.165, 1.54) is 19.2 Å². The molecule has 1 aromatic rings. The maximum atomic E-state index is 11.9. The van der Waals surface area contributed by atoms with Gasteiger partial charge in [0.1, 0.15) is 0 Å². The summed E-state index contributed by atoms with van der Waals surface area (Å²) in [5.41, 5.74) is -0.159. The molecule has 118 valence electrons. The first-order chi connectivity index (χ1) is 9.69. The maximum absolute atomic E-state index is 11.9. The highest BCUT2D eigenvalue weighted by atomic mass is 32.2. The van der Waals surface area contributed by atoms with E-state index in [9.17, 15) is 18.3 Å². The Morgan fingerprint density at radius 3 is 2.38 bits per heavy atom. The summed E-state index contributed by atoms with van der Waals surface area (Å²) in [6, 6.07) is 6.14. The lowest BCUT2D eigenvalue weighted by atomic mass is 10.1. The van der Waals surface area contributed by atoms with Crippen molar-refractivity contribution < 1.29 is 23.1 Å². The van der Waals surface area contributed by atoms with Crippen LogP contribution in [0.2, 0.25) is 0 Å². The number of ether oxygens (including phenoxy) is 1. The van der Waals surface area contributed by atoms with Crippen molar-refractivity contribution in [1.29, 1.82) is 0 Å². The van der Waals surface area contributed by atoms with E-state index in [2.05, 4.69) is 9.46 Å². The van der Waals surface area contributed by atoms with E-state index in [1.54, 1.807) is 26.0 Å². The minimum Gasteiger partial charge on any atom is -0.465 e. The van der Waals surface area contributed by atoms with Gasteiger partial charge in [-0.2, -0.15) is 0 Å². The van der Waals surface area contributed by atoms with Crippen LogP contribution in [0.4, 0.5) is 0 Å². The van der Waals surface area contributed by atoms with Crippen LogP contribution >= 0.6 is 0 Å². The Balaban J connectivity index is 2.69. The molecule has 0 aliphatic heterocycles. The van der Waals surface area contributed by atoms with Crippen LogP contribution < -0.4 is 4.72 Å². The summed E-state index contributed by atoms with van der Waals surface area (Å²) in [6.45, 7) is 3.31. The summed E-state index contributed by atoms with van der Waals surface area (Å²) in [7, 11) is -2.26. The number of hydrogen-bond acceptors (Lipinski definition) is 5. The molecule has 1 unspecified atom stereocenters. The normalized spacial score (nSPS) is 14.5. The average Bonchev–Trinajstić information content (AvgIpc) is 2.45. The lowest BCUT2D eigenvalue weighted by Crippen LogP contribution is -2.40. The Morgan fingerprint density at radius 1 is 1.33 bits per heavy atom. The van der Waals surface area contributed by atoms with Gasteiger partial charge in [0.05, 0.1) is 24.0 Å². The van der Waals surface area contributed by atoms with Gasteiger partial charge in [0.25, 0.3) is 0 Å². The van der Waals surface area contributed by atoms with Crippen LogP contribution in [0.1, 0.15) is 36.2 Å². The number of rotatable bonds is 7. The largest absolute Gasteiger partial charge is 0.465 e. The summed E-state index contributed by atoms with van der Waals surface area (Å²) in [5, 5.41) is 9.80. The second-order valence-electron chi connectivity index (χ2n) is 5.12. The SMILES string of the molecule is CCC(C)(O)CNS(=O)(=O)Cc1ccc(C(=O)OC)cc1. The third-order valence-electron chi connectivity index (χ3n) is 3.17. The molecule has 0 radical (unpaired) electrons. The number of carbonyl (C=O) groups is 1. The van der Waals surface area contributed by atoms with Gasteiger partial charge in [0.2, 0.25) is 10.0 Å². The van der Waals surface area contributed by atoms with Gasteiger partial charge in [-0.15, -0.1) is 0 Å². The van der Waals surface area contributed by atoms with Gasteiger partial charge < -0.3 is 9.84 Å². The number of methoxy groups -OCH3 is 1. The van der Waals surface area contributed by atoms with Gasteiger partial charge >= 0.3 is 5.97 Å². The van der Waals surface area contributed by atoms with Crippen LogP contribution in [-0.4, -0.2) is 38.7 Å². The number of sulfonamides is 1. The Labute approximate surface area is 125 Å². The lowest BCUT2D eigenvalue weighted by molar-refractivity contribution is 0.0598. The Morgan fingerprint density at radius 2 is 1.90 bits per heavy atom. The van der Waals surface area contributed by atoms with Crippen LogP contribution in [0.3, 0.4) is 0 Å². The quantitative estimate of drug-likeness (QED) is 0.734. The molecule has 0 aliphatic rings. The zero-order chi connectivity index (χ0) is 16.1. The molecule has 2 N–H and O–H groups in total. The van der Waals surface area contributed by atoms with Crippen molar-refractivity contribution in [3.63, 3.8) is 0 Å². The molecule has 0 saturated carbocycles. The fourth-order valence-electron chi connectivity index (χ4n) is 1.52. The second-order valence-corrected chi connectivity index (χ2v) is 6.93. The Bertz CT molecular complexity index is 578. The van der Waals surface area contributed by atoms with Crippen molar-refractivity contribution in [2.75, 3.05) is 13.7 Å². The van der Waals surface area contributed by atoms with Gasteiger partial charge in [0.15, 0.2) is 0 Å². The smallest absolute Gasteiger partial charge is 0.337 e. The van der Waals surface area contributed by atoms with Crippen molar-refractivity contribution in [2.24, 2.45) is 0 Å². The van der Waals surface area contributed by atoms with Gasteiger partial charge in [-0.3, -0.25) is 0 Å². The third kappa shape index (κ3) is 5.82. The zero-order valence-electron chi connectivity index (χ0n) is 12.4. The van der Waals surface area contributed by atoms with E-state index < -0.39 is 21.6 Å². The van der Waals surface area contributed by atoms with Gasteiger partial charge in [-0.25, -0.2) is 17.9 Å². The molecular formula is C14H21NO5S. The molecule has 0 aromatic heterocycles. The molecule has 0 fully saturated rings. The highest BCUT2D eigenvalue weighted by Crippen LogP contribution is 2.11. The van der Waals surface area contributed by atoms with E-state index >= 15 is 0 Å². The number of hydrogen-bond donors (Lipinski definition) is 2. The standard InChI is InChI=1S/C14H21NO5S/c1-4-14(2,17)10-15-21(18,19)9-11-5-7-12(8-6-11)13(16)20-3/h5-8,15,17H,4,9-10H2,1-3H3. The molecular weight excluding hydrogens is 294 g/mol. The molecule has 1 aromatic carbocycles. The zero-order valence-corrected chi connectivity index (χ0v) is 13.2. The van der Waals surface area contributed by atoms with Gasteiger partial charge in [-0.1, -0.05) is 19.1 Å². The van der Waals surface area contributed by atoms with E-state index in [0.29, 0.717) is 17.5 Å². The molecule has 6 nitrogen and oxygen atoms in total. The van der Waals surface area contributed by atoms with Gasteiger partial charge in [-0.05, 0) is 31.0 Å². The summed E-state index contributed by atoms with van der Waals surface area (Å²) >= 11 is 0. The highest BCUT2D eigenvalue weighted by molar-refractivity contribution is 7.88. The molecule has 7 heteroatoms. The number of aliphatic hydroxyl groups is 1. The monoisotopic (exact) mass is 315 g/mol. The van der Waals surface area contributed by atoms with Crippen LogP contribution in [0.25, 0.3) is 0 Å². The molecule has 0 aliphatic carbocycles. The number of esters is 1. The molecule has 0 amide bonds. The molecule has 0 bridgehead atoms. The van der Waals surface area contributed by atoms with Crippen molar-refractivity contribution >= 4 is 16.0 Å². The first-order valence-corrected chi connectivity index (χ1v) is 8.21. The maximum Gasteiger partial charge on any atom is 0.337 e. The first-order valence-electron chi connectivity index (χ1n) is 6.56. The molecule has 1 rings (SSSR count). The number of nitrogens with one attached hydrogen (secondary N) is 1. The van der Waals surface area contributed by atoms with Crippen molar-refractivity contribution in [3.05, 3.63) is 35.4 Å². The predicted molar refractivity (Wildman–Crippen MR) is 79.3 cm³/mol.